The minimum atomic E-state index is 0.104. The molecule has 1 aromatic carbocycles. The van der Waals surface area contributed by atoms with Gasteiger partial charge < -0.3 is 19.7 Å². The number of amides is 1. The maximum absolute atomic E-state index is 11.8. The predicted molar refractivity (Wildman–Crippen MR) is 99.9 cm³/mol. The van der Waals surface area contributed by atoms with E-state index in [1.165, 1.54) is 11.1 Å². The average molecular weight is 353 g/mol. The first-order chi connectivity index (χ1) is 12.7. The summed E-state index contributed by atoms with van der Waals surface area (Å²) in [5.74, 6) is 2.73. The number of ether oxygens (including phenoxy) is 2. The second-order valence-electron chi connectivity index (χ2n) is 6.82. The molecule has 1 aliphatic carbocycles. The smallest absolute Gasteiger partial charge is 0.227 e. The Kier molecular flexibility index (Phi) is 4.41. The quantitative estimate of drug-likeness (QED) is 0.895. The van der Waals surface area contributed by atoms with Gasteiger partial charge in [-0.2, -0.15) is 0 Å². The molecule has 1 saturated carbocycles. The van der Waals surface area contributed by atoms with Crippen LogP contribution in [0.1, 0.15) is 24.0 Å². The van der Waals surface area contributed by atoms with Crippen LogP contribution in [0.3, 0.4) is 0 Å². The highest BCUT2D eigenvalue weighted by Crippen LogP contribution is 2.34. The highest BCUT2D eigenvalue weighted by molar-refractivity contribution is 5.93. The molecular formula is C20H23N3O3. The van der Waals surface area contributed by atoms with E-state index in [0.717, 1.165) is 55.4 Å². The van der Waals surface area contributed by atoms with Crippen molar-refractivity contribution in [2.45, 2.75) is 25.8 Å². The molecule has 6 nitrogen and oxygen atoms in total. The number of methoxy groups -OCH3 is 2. The molecule has 0 unspecified atom stereocenters. The molecule has 0 atom stereocenters. The topological polar surface area (TPSA) is 63.7 Å². The zero-order valence-corrected chi connectivity index (χ0v) is 15.1. The summed E-state index contributed by atoms with van der Waals surface area (Å²) in [4.78, 5) is 18.6. The van der Waals surface area contributed by atoms with E-state index in [-0.39, 0.29) is 11.8 Å². The molecule has 1 fully saturated rings. The number of hydrogen-bond acceptors (Lipinski definition) is 5. The summed E-state index contributed by atoms with van der Waals surface area (Å²) in [6.45, 7) is 1.67. The number of hydrogen-bond donors (Lipinski definition) is 1. The molecule has 0 bridgehead atoms. The van der Waals surface area contributed by atoms with E-state index in [2.05, 4.69) is 21.3 Å². The molecule has 136 valence electrons. The number of carbonyl (C=O) groups excluding carboxylic acids is 1. The van der Waals surface area contributed by atoms with E-state index in [1.807, 2.05) is 18.2 Å². The fraction of sp³-hybridized carbons (Fsp3) is 0.400. The van der Waals surface area contributed by atoms with Gasteiger partial charge in [0.2, 0.25) is 5.91 Å². The molecule has 0 radical (unpaired) electrons. The maximum atomic E-state index is 11.8. The summed E-state index contributed by atoms with van der Waals surface area (Å²) >= 11 is 0. The summed E-state index contributed by atoms with van der Waals surface area (Å²) in [6, 6.07) is 8.00. The van der Waals surface area contributed by atoms with Crippen molar-refractivity contribution in [2.75, 3.05) is 31.0 Å². The van der Waals surface area contributed by atoms with Gasteiger partial charge in [0, 0.05) is 19.0 Å². The minimum absolute atomic E-state index is 0.104. The van der Waals surface area contributed by atoms with Crippen molar-refractivity contribution in [1.29, 1.82) is 0 Å². The van der Waals surface area contributed by atoms with Gasteiger partial charge >= 0.3 is 0 Å². The normalized spacial score (nSPS) is 16.0. The Labute approximate surface area is 153 Å². The van der Waals surface area contributed by atoms with Gasteiger partial charge in [0.15, 0.2) is 11.5 Å². The Hall–Kier alpha value is -2.76. The lowest BCUT2D eigenvalue weighted by molar-refractivity contribution is -0.117. The Morgan fingerprint density at radius 2 is 1.88 bits per heavy atom. The number of pyridine rings is 1. The van der Waals surface area contributed by atoms with E-state index in [4.69, 9.17) is 9.47 Å². The molecule has 26 heavy (non-hydrogen) atoms. The Morgan fingerprint density at radius 3 is 2.50 bits per heavy atom. The lowest BCUT2D eigenvalue weighted by Crippen LogP contribution is -2.31. The van der Waals surface area contributed by atoms with Crippen molar-refractivity contribution in [2.24, 2.45) is 5.92 Å². The number of nitrogens with zero attached hydrogens (tertiary/aromatic N) is 2. The molecule has 1 amide bonds. The van der Waals surface area contributed by atoms with Gasteiger partial charge in [-0.25, -0.2) is 4.98 Å². The van der Waals surface area contributed by atoms with Gasteiger partial charge in [-0.05, 0) is 54.7 Å². The van der Waals surface area contributed by atoms with Crippen molar-refractivity contribution < 1.29 is 14.3 Å². The standard InChI is InChI=1S/C20H23N3O3/c1-25-17-9-14-7-8-23(12-15(14)10-18(17)26-2)19-6-5-16(11-21-19)22-20(24)13-3-4-13/h5-6,9-11,13H,3-4,7-8,12H2,1-2H3,(H,22,24). The van der Waals surface area contributed by atoms with Crippen molar-refractivity contribution in [3.63, 3.8) is 0 Å². The Morgan fingerprint density at radius 1 is 1.15 bits per heavy atom. The molecule has 2 aromatic rings. The highest BCUT2D eigenvalue weighted by Gasteiger charge is 2.29. The van der Waals surface area contributed by atoms with E-state index < -0.39 is 0 Å². The van der Waals surface area contributed by atoms with E-state index >= 15 is 0 Å². The molecular weight excluding hydrogens is 330 g/mol. The van der Waals surface area contributed by atoms with Gasteiger partial charge in [-0.15, -0.1) is 0 Å². The number of nitrogens with one attached hydrogen (secondary N) is 1. The molecule has 2 aliphatic rings. The molecule has 2 heterocycles. The van der Waals surface area contributed by atoms with Crippen molar-refractivity contribution in [1.82, 2.24) is 4.98 Å². The number of carbonyl (C=O) groups is 1. The summed E-state index contributed by atoms with van der Waals surface area (Å²) in [5, 5.41) is 2.93. The number of anilines is 2. The fourth-order valence-corrected chi connectivity index (χ4v) is 3.32. The summed E-state index contributed by atoms with van der Waals surface area (Å²) < 4.78 is 10.8. The van der Waals surface area contributed by atoms with Gasteiger partial charge in [-0.3, -0.25) is 4.79 Å². The van der Waals surface area contributed by atoms with Gasteiger partial charge in [0.25, 0.3) is 0 Å². The van der Waals surface area contributed by atoms with E-state index in [1.54, 1.807) is 20.4 Å². The van der Waals surface area contributed by atoms with Gasteiger partial charge in [0.05, 0.1) is 26.1 Å². The summed E-state index contributed by atoms with van der Waals surface area (Å²) in [5.41, 5.74) is 3.27. The van der Waals surface area contributed by atoms with E-state index in [9.17, 15) is 4.79 Å². The van der Waals surface area contributed by atoms with Crippen LogP contribution in [0.15, 0.2) is 30.5 Å². The van der Waals surface area contributed by atoms with Crippen LogP contribution in [-0.2, 0) is 17.8 Å². The zero-order chi connectivity index (χ0) is 18.1. The summed E-state index contributed by atoms with van der Waals surface area (Å²) in [7, 11) is 3.31. The number of benzene rings is 1. The monoisotopic (exact) mass is 353 g/mol. The zero-order valence-electron chi connectivity index (χ0n) is 15.1. The van der Waals surface area contributed by atoms with Crippen LogP contribution in [0.25, 0.3) is 0 Å². The number of rotatable bonds is 5. The third-order valence-electron chi connectivity index (χ3n) is 5.01. The molecule has 6 heteroatoms. The highest BCUT2D eigenvalue weighted by atomic mass is 16.5. The van der Waals surface area contributed by atoms with Crippen molar-refractivity contribution in [3.8, 4) is 11.5 Å². The first kappa shape index (κ1) is 16.7. The lowest BCUT2D eigenvalue weighted by Gasteiger charge is -2.30. The Balaban J connectivity index is 1.48. The third kappa shape index (κ3) is 3.31. The second kappa shape index (κ2) is 6.86. The van der Waals surface area contributed by atoms with Crippen LogP contribution in [0.5, 0.6) is 11.5 Å². The van der Waals surface area contributed by atoms with Crippen LogP contribution < -0.4 is 19.7 Å². The van der Waals surface area contributed by atoms with Crippen LogP contribution in [0.2, 0.25) is 0 Å². The van der Waals surface area contributed by atoms with E-state index in [0.29, 0.717) is 0 Å². The van der Waals surface area contributed by atoms with Crippen LogP contribution in [-0.4, -0.2) is 31.7 Å². The van der Waals surface area contributed by atoms with Crippen LogP contribution >= 0.6 is 0 Å². The molecule has 0 saturated heterocycles. The first-order valence-electron chi connectivity index (χ1n) is 8.93. The van der Waals surface area contributed by atoms with Crippen molar-refractivity contribution in [3.05, 3.63) is 41.6 Å². The van der Waals surface area contributed by atoms with Gasteiger partial charge in [0.1, 0.15) is 5.82 Å². The third-order valence-corrected chi connectivity index (χ3v) is 5.01. The molecule has 0 spiro atoms. The molecule has 1 aliphatic heterocycles. The summed E-state index contributed by atoms with van der Waals surface area (Å²) in [6.07, 6.45) is 4.66. The van der Waals surface area contributed by atoms with Crippen LogP contribution in [0, 0.1) is 5.92 Å². The predicted octanol–water partition coefficient (Wildman–Crippen LogP) is 3.01. The molecule has 1 aromatic heterocycles. The number of aromatic nitrogens is 1. The molecule has 4 rings (SSSR count). The van der Waals surface area contributed by atoms with Crippen LogP contribution in [0.4, 0.5) is 11.5 Å². The molecule has 1 N–H and O–H groups in total. The van der Waals surface area contributed by atoms with Crippen molar-refractivity contribution >= 4 is 17.4 Å². The SMILES string of the molecule is COc1cc2c(cc1OC)CN(c1ccc(NC(=O)C3CC3)cn1)CC2. The first-order valence-corrected chi connectivity index (χ1v) is 8.93. The maximum Gasteiger partial charge on any atom is 0.227 e. The fourth-order valence-electron chi connectivity index (χ4n) is 3.32. The van der Waals surface area contributed by atoms with Gasteiger partial charge in [-0.1, -0.05) is 0 Å². The minimum Gasteiger partial charge on any atom is -0.493 e. The Bertz CT molecular complexity index is 816. The number of fused-ring (bicyclic) bond motifs is 1. The largest absolute Gasteiger partial charge is 0.493 e. The lowest BCUT2D eigenvalue weighted by atomic mass is 9.99. The second-order valence-corrected chi connectivity index (χ2v) is 6.82. The average Bonchev–Trinajstić information content (AvgIpc) is 3.52.